The van der Waals surface area contributed by atoms with Gasteiger partial charge in [-0.2, -0.15) is 0 Å². The van der Waals surface area contributed by atoms with Crippen LogP contribution >= 0.6 is 11.6 Å². The zero-order chi connectivity index (χ0) is 16.8. The molecule has 0 bridgehead atoms. The van der Waals surface area contributed by atoms with Crippen LogP contribution in [0.5, 0.6) is 0 Å². The lowest BCUT2D eigenvalue weighted by molar-refractivity contribution is 0.308. The molecule has 0 N–H and O–H groups in total. The molecule has 132 valence electrons. The van der Waals surface area contributed by atoms with E-state index in [4.69, 9.17) is 11.6 Å². The maximum Gasteiger partial charge on any atom is 0.0143 e. The molecule has 0 amide bonds. The molecule has 1 heteroatoms. The van der Waals surface area contributed by atoms with E-state index in [9.17, 15) is 0 Å². The highest BCUT2D eigenvalue weighted by Gasteiger charge is 2.31. The van der Waals surface area contributed by atoms with Crippen LogP contribution in [0.25, 0.3) is 0 Å². The van der Waals surface area contributed by atoms with Crippen molar-refractivity contribution < 1.29 is 0 Å². The van der Waals surface area contributed by atoms with Gasteiger partial charge in [-0.05, 0) is 61.5 Å². The fourth-order valence-corrected chi connectivity index (χ4v) is 5.38. The van der Waals surface area contributed by atoms with Crippen molar-refractivity contribution in [3.8, 4) is 0 Å². The molecule has 2 aliphatic rings. The van der Waals surface area contributed by atoms with Gasteiger partial charge in [0.15, 0.2) is 0 Å². The van der Waals surface area contributed by atoms with E-state index in [0.717, 1.165) is 11.8 Å². The van der Waals surface area contributed by atoms with Crippen molar-refractivity contribution >= 4 is 11.6 Å². The van der Waals surface area contributed by atoms with Gasteiger partial charge in [-0.1, -0.05) is 81.0 Å². The van der Waals surface area contributed by atoms with E-state index in [2.05, 4.69) is 37.3 Å². The first-order valence-electron chi connectivity index (χ1n) is 10.2. The average molecular weight is 345 g/mol. The molecule has 1 aromatic rings. The number of allylic oxidation sites excluding steroid dienone is 1. The summed E-state index contributed by atoms with van der Waals surface area (Å²) in [7, 11) is 0. The number of benzene rings is 1. The van der Waals surface area contributed by atoms with Crippen LogP contribution in [0.15, 0.2) is 35.9 Å². The van der Waals surface area contributed by atoms with E-state index in [0.29, 0.717) is 0 Å². The molecule has 0 heterocycles. The molecular weight excluding hydrogens is 312 g/mol. The first-order valence-corrected chi connectivity index (χ1v) is 10.6. The largest absolute Gasteiger partial charge is 0.0933 e. The average Bonchev–Trinajstić information content (AvgIpc) is 2.64. The second kappa shape index (κ2) is 8.56. The summed E-state index contributed by atoms with van der Waals surface area (Å²) in [6.07, 6.45) is 17.2. The quantitative estimate of drug-likeness (QED) is 0.513. The van der Waals surface area contributed by atoms with Crippen molar-refractivity contribution in [1.29, 1.82) is 0 Å². The third-order valence-electron chi connectivity index (χ3n) is 6.63. The summed E-state index contributed by atoms with van der Waals surface area (Å²) in [5.74, 6) is 1.78. The molecule has 0 aliphatic heterocycles. The molecule has 2 fully saturated rings. The lowest BCUT2D eigenvalue weighted by atomic mass is 9.69. The van der Waals surface area contributed by atoms with Gasteiger partial charge in [0.05, 0.1) is 0 Å². The highest BCUT2D eigenvalue weighted by atomic mass is 35.5. The van der Waals surface area contributed by atoms with E-state index in [-0.39, 0.29) is 5.41 Å². The van der Waals surface area contributed by atoms with Gasteiger partial charge in [0.25, 0.3) is 0 Å². The Bertz CT molecular complexity index is 513. The van der Waals surface area contributed by atoms with Gasteiger partial charge in [-0.3, -0.25) is 0 Å². The minimum Gasteiger partial charge on any atom is -0.0933 e. The smallest absolute Gasteiger partial charge is 0.0143 e. The van der Waals surface area contributed by atoms with Crippen LogP contribution in [0.2, 0.25) is 0 Å². The first kappa shape index (κ1) is 18.1. The van der Waals surface area contributed by atoms with Crippen molar-refractivity contribution in [3.05, 3.63) is 47.0 Å². The Morgan fingerprint density at radius 3 is 2.25 bits per heavy atom. The molecule has 0 atom stereocenters. The molecule has 24 heavy (non-hydrogen) atoms. The van der Waals surface area contributed by atoms with E-state index >= 15 is 0 Å². The molecule has 1 aromatic carbocycles. The fraction of sp³-hybridized carbons (Fsp3) is 0.652. The van der Waals surface area contributed by atoms with Crippen LogP contribution in [0, 0.1) is 5.92 Å². The highest BCUT2D eigenvalue weighted by molar-refractivity contribution is 6.25. The van der Waals surface area contributed by atoms with Gasteiger partial charge in [0.1, 0.15) is 0 Å². The van der Waals surface area contributed by atoms with Gasteiger partial charge in [-0.25, -0.2) is 0 Å². The van der Waals surface area contributed by atoms with E-state index in [1.54, 1.807) is 11.1 Å². The number of rotatable bonds is 5. The molecule has 0 aromatic heterocycles. The zero-order valence-electron chi connectivity index (χ0n) is 15.3. The molecule has 3 rings (SSSR count). The standard InChI is InChI=1S/C23H33Cl/c1-2-6-19-7-9-20(10-8-19)21-11-13-22(14-12-21)23(17-18-24)15-4-3-5-16-23/h11-14,17-20H,2-10,15-16H2,1H3/b18-17+/t19-,20-. The van der Waals surface area contributed by atoms with Crippen LogP contribution in [0.1, 0.15) is 94.6 Å². The van der Waals surface area contributed by atoms with Crippen molar-refractivity contribution in [2.45, 2.75) is 88.9 Å². The molecule has 0 nitrogen and oxygen atoms in total. The van der Waals surface area contributed by atoms with Crippen molar-refractivity contribution in [2.24, 2.45) is 5.92 Å². The van der Waals surface area contributed by atoms with Gasteiger partial charge in [0, 0.05) is 11.0 Å². The molecule has 2 saturated carbocycles. The zero-order valence-corrected chi connectivity index (χ0v) is 16.0. The van der Waals surface area contributed by atoms with E-state index in [1.807, 2.05) is 0 Å². The number of hydrogen-bond acceptors (Lipinski definition) is 0. The SMILES string of the molecule is CCC[C@H]1CC[C@H](c2ccc(C3(/C=C/Cl)CCCCC3)cc2)CC1. The lowest BCUT2D eigenvalue weighted by Gasteiger charge is -2.35. The molecule has 0 spiro atoms. The van der Waals surface area contributed by atoms with Crippen molar-refractivity contribution in [3.63, 3.8) is 0 Å². The van der Waals surface area contributed by atoms with Crippen LogP contribution in [0.4, 0.5) is 0 Å². The molecule has 0 radical (unpaired) electrons. The third-order valence-corrected chi connectivity index (χ3v) is 6.75. The topological polar surface area (TPSA) is 0 Å². The normalized spacial score (nSPS) is 27.4. The summed E-state index contributed by atoms with van der Waals surface area (Å²) in [5.41, 5.74) is 4.97. The van der Waals surface area contributed by atoms with Gasteiger partial charge in [0.2, 0.25) is 0 Å². The molecule has 2 aliphatic carbocycles. The van der Waals surface area contributed by atoms with Gasteiger partial charge >= 0.3 is 0 Å². The minimum absolute atomic E-state index is 0.192. The predicted octanol–water partition coefficient (Wildman–Crippen LogP) is 7.71. The van der Waals surface area contributed by atoms with E-state index in [1.165, 1.54) is 76.2 Å². The summed E-state index contributed by atoms with van der Waals surface area (Å²) in [6.45, 7) is 2.32. The summed E-state index contributed by atoms with van der Waals surface area (Å²) in [6, 6.07) is 9.63. The van der Waals surface area contributed by atoms with Crippen LogP contribution in [-0.2, 0) is 5.41 Å². The Morgan fingerprint density at radius 1 is 1.00 bits per heavy atom. The first-order chi connectivity index (χ1) is 11.8. The monoisotopic (exact) mass is 344 g/mol. The fourth-order valence-electron chi connectivity index (χ4n) is 5.13. The second-order valence-corrected chi connectivity index (χ2v) is 8.39. The summed E-state index contributed by atoms with van der Waals surface area (Å²) < 4.78 is 0. The molecule has 0 saturated heterocycles. The van der Waals surface area contributed by atoms with Crippen LogP contribution < -0.4 is 0 Å². The summed E-state index contributed by atoms with van der Waals surface area (Å²) in [5, 5.41) is 0. The third kappa shape index (κ3) is 4.07. The Labute approximate surface area is 153 Å². The van der Waals surface area contributed by atoms with E-state index < -0.39 is 0 Å². The number of hydrogen-bond donors (Lipinski definition) is 0. The van der Waals surface area contributed by atoms with Gasteiger partial charge < -0.3 is 0 Å². The Hall–Kier alpha value is -0.750. The maximum atomic E-state index is 5.99. The Morgan fingerprint density at radius 2 is 1.67 bits per heavy atom. The second-order valence-electron chi connectivity index (χ2n) is 8.14. The summed E-state index contributed by atoms with van der Waals surface area (Å²) >= 11 is 5.99. The minimum atomic E-state index is 0.192. The Kier molecular flexibility index (Phi) is 6.44. The van der Waals surface area contributed by atoms with Crippen LogP contribution in [0.3, 0.4) is 0 Å². The summed E-state index contributed by atoms with van der Waals surface area (Å²) in [4.78, 5) is 0. The number of halogens is 1. The van der Waals surface area contributed by atoms with Crippen LogP contribution in [-0.4, -0.2) is 0 Å². The molecule has 0 unspecified atom stereocenters. The Balaban J connectivity index is 1.69. The lowest BCUT2D eigenvalue weighted by Crippen LogP contribution is -2.26. The van der Waals surface area contributed by atoms with Crippen molar-refractivity contribution in [2.75, 3.05) is 0 Å². The maximum absolute atomic E-state index is 5.99. The predicted molar refractivity (Wildman–Crippen MR) is 106 cm³/mol. The van der Waals surface area contributed by atoms with Gasteiger partial charge in [-0.15, -0.1) is 0 Å². The van der Waals surface area contributed by atoms with Crippen molar-refractivity contribution in [1.82, 2.24) is 0 Å². The highest BCUT2D eigenvalue weighted by Crippen LogP contribution is 2.42. The molecular formula is C23H33Cl.